The number of hydrogen-bond acceptors (Lipinski definition) is 5. The molecule has 1 unspecified atom stereocenters. The summed E-state index contributed by atoms with van der Waals surface area (Å²) in [6.45, 7) is 4.48. The van der Waals surface area contributed by atoms with Crippen LogP contribution < -0.4 is 20.1 Å². The van der Waals surface area contributed by atoms with Crippen molar-refractivity contribution in [1.82, 2.24) is 10.2 Å². The Balaban J connectivity index is 2.20. The van der Waals surface area contributed by atoms with Gasteiger partial charge in [0, 0.05) is 23.9 Å². The number of anilines is 1. The summed E-state index contributed by atoms with van der Waals surface area (Å²) < 4.78 is 10.5. The summed E-state index contributed by atoms with van der Waals surface area (Å²) in [5.41, 5.74) is 2.10. The Hall–Kier alpha value is -3.06. The highest BCUT2D eigenvalue weighted by Crippen LogP contribution is 2.23. The molecular weight excluding hydrogens is 382 g/mol. The maximum Gasteiger partial charge on any atom is 0.252 e. The molecule has 2 aromatic carbocycles. The third-order valence-corrected chi connectivity index (χ3v) is 4.61. The van der Waals surface area contributed by atoms with E-state index in [1.165, 1.54) is 14.2 Å². The average Bonchev–Trinajstić information content (AvgIpc) is 2.71. The second-order valence-electron chi connectivity index (χ2n) is 7.68. The monoisotopic (exact) mass is 413 g/mol. The Bertz CT molecular complexity index is 858. The molecule has 0 aliphatic rings. The summed E-state index contributed by atoms with van der Waals surface area (Å²) in [5, 5.41) is 5.81. The molecule has 0 aliphatic carbocycles. The zero-order valence-electron chi connectivity index (χ0n) is 18.5. The highest BCUT2D eigenvalue weighted by atomic mass is 16.5. The third kappa shape index (κ3) is 6.22. The molecule has 0 saturated heterocycles. The van der Waals surface area contributed by atoms with Gasteiger partial charge in [-0.25, -0.2) is 0 Å². The zero-order chi connectivity index (χ0) is 22.3. The first kappa shape index (κ1) is 23.2. The molecule has 0 aliphatic heterocycles. The fourth-order valence-corrected chi connectivity index (χ4v) is 3.03. The van der Waals surface area contributed by atoms with Crippen molar-refractivity contribution in [3.05, 3.63) is 53.6 Å². The van der Waals surface area contributed by atoms with Gasteiger partial charge in [-0.3, -0.25) is 9.59 Å². The molecular formula is C23H31N3O4. The summed E-state index contributed by atoms with van der Waals surface area (Å²) in [6, 6.07) is 11.8. The quantitative estimate of drug-likeness (QED) is 0.660. The molecule has 7 heteroatoms. The molecule has 30 heavy (non-hydrogen) atoms. The van der Waals surface area contributed by atoms with Gasteiger partial charge in [0.15, 0.2) is 0 Å². The fourth-order valence-electron chi connectivity index (χ4n) is 3.03. The van der Waals surface area contributed by atoms with Gasteiger partial charge in [0.05, 0.1) is 14.2 Å². The number of amides is 2. The largest absolute Gasteiger partial charge is 0.497 e. The van der Waals surface area contributed by atoms with Gasteiger partial charge in [-0.05, 0) is 43.8 Å². The van der Waals surface area contributed by atoms with Crippen molar-refractivity contribution >= 4 is 17.5 Å². The predicted octanol–water partition coefficient (Wildman–Crippen LogP) is 3.16. The lowest BCUT2D eigenvalue weighted by molar-refractivity contribution is -0.118. The van der Waals surface area contributed by atoms with E-state index in [0.717, 1.165) is 11.3 Å². The van der Waals surface area contributed by atoms with Gasteiger partial charge in [-0.2, -0.15) is 0 Å². The minimum atomic E-state index is -0.706. The van der Waals surface area contributed by atoms with Crippen molar-refractivity contribution in [2.45, 2.75) is 26.4 Å². The van der Waals surface area contributed by atoms with Gasteiger partial charge in [-0.15, -0.1) is 0 Å². The smallest absolute Gasteiger partial charge is 0.252 e. The van der Waals surface area contributed by atoms with Gasteiger partial charge in [0.1, 0.15) is 17.5 Å². The molecule has 7 nitrogen and oxygen atoms in total. The van der Waals surface area contributed by atoms with Crippen LogP contribution in [0.15, 0.2) is 42.5 Å². The van der Waals surface area contributed by atoms with E-state index < -0.39 is 6.04 Å². The second kappa shape index (κ2) is 10.6. The lowest BCUT2D eigenvalue weighted by Gasteiger charge is -2.23. The molecule has 0 radical (unpaired) electrons. The van der Waals surface area contributed by atoms with Gasteiger partial charge in [-0.1, -0.05) is 32.0 Å². The van der Waals surface area contributed by atoms with E-state index in [-0.39, 0.29) is 17.7 Å². The van der Waals surface area contributed by atoms with Crippen molar-refractivity contribution in [2.75, 3.05) is 33.6 Å². The summed E-state index contributed by atoms with van der Waals surface area (Å²) >= 11 is 0. The summed E-state index contributed by atoms with van der Waals surface area (Å²) in [6.07, 6.45) is 0. The highest BCUT2D eigenvalue weighted by molar-refractivity contribution is 6.01. The summed E-state index contributed by atoms with van der Waals surface area (Å²) in [7, 11) is 6.98. The molecule has 2 amide bonds. The van der Waals surface area contributed by atoms with Crippen LogP contribution in [0.3, 0.4) is 0 Å². The van der Waals surface area contributed by atoms with E-state index >= 15 is 0 Å². The minimum Gasteiger partial charge on any atom is -0.497 e. The van der Waals surface area contributed by atoms with Gasteiger partial charge in [0.2, 0.25) is 5.91 Å². The highest BCUT2D eigenvalue weighted by Gasteiger charge is 2.26. The van der Waals surface area contributed by atoms with Crippen molar-refractivity contribution in [2.24, 2.45) is 5.92 Å². The summed E-state index contributed by atoms with van der Waals surface area (Å²) in [5.74, 6) is 0.259. The number of hydrogen-bond donors (Lipinski definition) is 2. The SMILES string of the molecule is COc1cc(OC)cc(C(=O)NC(C(=O)Nc2ccccc2CN(C)C)C(C)C)c1. The van der Waals surface area contributed by atoms with Crippen LogP contribution in [0.1, 0.15) is 29.8 Å². The Morgan fingerprint density at radius 2 is 1.60 bits per heavy atom. The molecule has 1 atom stereocenters. The minimum absolute atomic E-state index is 0.109. The molecule has 0 fully saturated rings. The first-order valence-electron chi connectivity index (χ1n) is 9.82. The van der Waals surface area contributed by atoms with Crippen molar-refractivity contribution in [1.29, 1.82) is 0 Å². The maximum absolute atomic E-state index is 13.0. The van der Waals surface area contributed by atoms with E-state index in [2.05, 4.69) is 10.6 Å². The Labute approximate surface area is 178 Å². The number of carbonyl (C=O) groups is 2. The number of nitrogens with zero attached hydrogens (tertiary/aromatic N) is 1. The first-order valence-corrected chi connectivity index (χ1v) is 9.82. The van der Waals surface area contributed by atoms with Crippen LogP contribution in [0.25, 0.3) is 0 Å². The Morgan fingerprint density at radius 1 is 1.00 bits per heavy atom. The summed E-state index contributed by atoms with van der Waals surface area (Å²) in [4.78, 5) is 27.9. The molecule has 2 aromatic rings. The topological polar surface area (TPSA) is 79.9 Å². The maximum atomic E-state index is 13.0. The molecule has 0 heterocycles. The molecule has 162 valence electrons. The average molecular weight is 414 g/mol. The van der Waals surface area contributed by atoms with E-state index in [4.69, 9.17) is 9.47 Å². The standard InChI is InChI=1S/C23H31N3O4/c1-15(2)21(23(28)24-20-10-8-7-9-16(20)14-26(3)4)25-22(27)17-11-18(29-5)13-19(12-17)30-6/h7-13,15,21H,14H2,1-6H3,(H,24,28)(H,25,27). The molecule has 0 bridgehead atoms. The van der Waals surface area contributed by atoms with E-state index in [0.29, 0.717) is 23.6 Å². The van der Waals surface area contributed by atoms with E-state index in [9.17, 15) is 9.59 Å². The van der Waals surface area contributed by atoms with Crippen LogP contribution in [0.2, 0.25) is 0 Å². The zero-order valence-corrected chi connectivity index (χ0v) is 18.5. The van der Waals surface area contributed by atoms with Crippen LogP contribution >= 0.6 is 0 Å². The molecule has 0 saturated carbocycles. The number of carbonyl (C=O) groups excluding carboxylic acids is 2. The predicted molar refractivity (Wildman–Crippen MR) is 118 cm³/mol. The molecule has 2 rings (SSSR count). The van der Waals surface area contributed by atoms with Crippen LogP contribution in [0.4, 0.5) is 5.69 Å². The van der Waals surface area contributed by atoms with Crippen molar-refractivity contribution < 1.29 is 19.1 Å². The van der Waals surface area contributed by atoms with Gasteiger partial charge < -0.3 is 25.0 Å². The Kier molecular flexibility index (Phi) is 8.24. The Morgan fingerprint density at radius 3 is 2.13 bits per heavy atom. The second-order valence-corrected chi connectivity index (χ2v) is 7.68. The normalized spacial score (nSPS) is 11.9. The fraction of sp³-hybridized carbons (Fsp3) is 0.391. The van der Waals surface area contributed by atoms with Crippen molar-refractivity contribution in [3.8, 4) is 11.5 Å². The number of para-hydroxylation sites is 1. The van der Waals surface area contributed by atoms with Crippen LogP contribution in [-0.2, 0) is 11.3 Å². The van der Waals surface area contributed by atoms with Crippen LogP contribution in [0.5, 0.6) is 11.5 Å². The third-order valence-electron chi connectivity index (χ3n) is 4.61. The van der Waals surface area contributed by atoms with Crippen molar-refractivity contribution in [3.63, 3.8) is 0 Å². The molecule has 0 aromatic heterocycles. The van der Waals surface area contributed by atoms with Gasteiger partial charge >= 0.3 is 0 Å². The lowest BCUT2D eigenvalue weighted by Crippen LogP contribution is -2.47. The molecule has 0 spiro atoms. The number of nitrogens with one attached hydrogen (secondary N) is 2. The number of rotatable bonds is 9. The van der Waals surface area contributed by atoms with Crippen LogP contribution in [-0.4, -0.2) is 51.1 Å². The molecule has 2 N–H and O–H groups in total. The number of methoxy groups -OCH3 is 2. The van der Waals surface area contributed by atoms with Gasteiger partial charge in [0.25, 0.3) is 5.91 Å². The van der Waals surface area contributed by atoms with E-state index in [1.54, 1.807) is 18.2 Å². The van der Waals surface area contributed by atoms with Crippen LogP contribution in [0, 0.1) is 5.92 Å². The number of ether oxygens (including phenoxy) is 2. The number of benzene rings is 2. The first-order chi connectivity index (χ1) is 14.2. The lowest BCUT2D eigenvalue weighted by atomic mass is 10.0. The van der Waals surface area contributed by atoms with E-state index in [1.807, 2.05) is 57.1 Å².